The smallest absolute Gasteiger partial charge is 0.338 e. The van der Waals surface area contributed by atoms with Crippen LogP contribution < -0.4 is 19.8 Å². The minimum atomic E-state index is -0.585. The molecule has 172 valence electrons. The molecule has 4 rings (SSSR count). The molecule has 0 saturated heterocycles. The van der Waals surface area contributed by atoms with E-state index in [1.807, 2.05) is 45.0 Å². The lowest BCUT2D eigenvalue weighted by atomic mass is 10.2. The summed E-state index contributed by atoms with van der Waals surface area (Å²) in [5.74, 6) is 0.668. The largest absolute Gasteiger partial charge is 0.490 e. The third-order valence-corrected chi connectivity index (χ3v) is 5.77. The number of rotatable bonds is 9. The van der Waals surface area contributed by atoms with Gasteiger partial charge in [-0.15, -0.1) is 0 Å². The Hall–Kier alpha value is -3.59. The molecule has 0 unspecified atom stereocenters. The molecule has 0 fully saturated rings. The second-order valence-corrected chi connectivity index (χ2v) is 7.96. The zero-order valence-corrected chi connectivity index (χ0v) is 19.4. The molecule has 33 heavy (non-hydrogen) atoms. The van der Waals surface area contributed by atoms with Crippen molar-refractivity contribution >= 4 is 32.5 Å². The van der Waals surface area contributed by atoms with Crippen molar-refractivity contribution in [2.75, 3.05) is 19.8 Å². The quantitative estimate of drug-likeness (QED) is 0.335. The number of ether oxygens (including phenoxy) is 4. The summed E-state index contributed by atoms with van der Waals surface area (Å²) < 4.78 is 25.0. The number of nitrogens with zero attached hydrogens (tertiary/aromatic N) is 2. The number of hydrogen-bond donors (Lipinski definition) is 0. The van der Waals surface area contributed by atoms with E-state index in [-0.39, 0.29) is 17.7 Å². The SMILES string of the molecule is CCOc1cc(C(=O)OCc2cc(=O)n3c(n2)sc2ccccc23)cc(OCC)c1OCC. The first-order valence-corrected chi connectivity index (χ1v) is 11.5. The summed E-state index contributed by atoms with van der Waals surface area (Å²) in [5, 5.41) is 0. The van der Waals surface area contributed by atoms with Crippen LogP contribution in [0, 0.1) is 0 Å². The number of carbonyl (C=O) groups is 1. The molecular formula is C24H24N2O6S. The molecule has 2 aromatic carbocycles. The first-order chi connectivity index (χ1) is 16.0. The van der Waals surface area contributed by atoms with Crippen molar-refractivity contribution in [3.8, 4) is 17.2 Å². The first kappa shape index (κ1) is 22.6. The van der Waals surface area contributed by atoms with Gasteiger partial charge in [0.1, 0.15) is 6.61 Å². The van der Waals surface area contributed by atoms with E-state index < -0.39 is 5.97 Å². The molecule has 0 aliphatic rings. The number of fused-ring (bicyclic) bond motifs is 3. The van der Waals surface area contributed by atoms with E-state index in [1.54, 1.807) is 16.5 Å². The third kappa shape index (κ3) is 4.63. The summed E-state index contributed by atoms with van der Waals surface area (Å²) in [4.78, 5) is 30.5. The third-order valence-electron chi connectivity index (χ3n) is 4.74. The summed E-state index contributed by atoms with van der Waals surface area (Å²) in [5.41, 5.74) is 1.22. The highest BCUT2D eigenvalue weighted by Crippen LogP contribution is 2.39. The van der Waals surface area contributed by atoms with Crippen LogP contribution in [0.3, 0.4) is 0 Å². The van der Waals surface area contributed by atoms with Crippen molar-refractivity contribution in [3.63, 3.8) is 0 Å². The van der Waals surface area contributed by atoms with E-state index in [4.69, 9.17) is 18.9 Å². The second-order valence-electron chi connectivity index (χ2n) is 6.95. The average molecular weight is 469 g/mol. The van der Waals surface area contributed by atoms with Crippen LogP contribution in [0.25, 0.3) is 15.2 Å². The lowest BCUT2D eigenvalue weighted by Gasteiger charge is -2.16. The van der Waals surface area contributed by atoms with Crippen LogP contribution in [-0.4, -0.2) is 35.2 Å². The molecule has 0 aliphatic carbocycles. The van der Waals surface area contributed by atoms with E-state index >= 15 is 0 Å². The second kappa shape index (κ2) is 9.91. The topological polar surface area (TPSA) is 88.4 Å². The fourth-order valence-corrected chi connectivity index (χ4v) is 4.48. The number of esters is 1. The van der Waals surface area contributed by atoms with Crippen LogP contribution >= 0.6 is 11.3 Å². The van der Waals surface area contributed by atoms with Crippen molar-refractivity contribution in [1.82, 2.24) is 9.38 Å². The van der Waals surface area contributed by atoms with Crippen molar-refractivity contribution in [2.45, 2.75) is 27.4 Å². The van der Waals surface area contributed by atoms with Gasteiger partial charge in [-0.25, -0.2) is 9.78 Å². The molecular weight excluding hydrogens is 444 g/mol. The molecule has 2 heterocycles. The maximum atomic E-state index is 12.8. The molecule has 8 nitrogen and oxygen atoms in total. The van der Waals surface area contributed by atoms with Crippen molar-refractivity contribution in [1.29, 1.82) is 0 Å². The standard InChI is InChI=1S/C24H24N2O6S/c1-4-29-18-11-15(12-19(30-5-2)22(18)31-6-3)23(28)32-14-16-13-21(27)26-17-9-7-8-10-20(17)33-24(26)25-16/h7-13H,4-6,14H2,1-3H3. The van der Waals surface area contributed by atoms with Gasteiger partial charge in [-0.3, -0.25) is 9.20 Å². The molecule has 0 radical (unpaired) electrons. The number of thiazole rings is 1. The number of aromatic nitrogens is 2. The first-order valence-electron chi connectivity index (χ1n) is 10.7. The van der Waals surface area contributed by atoms with Crippen LogP contribution in [0.2, 0.25) is 0 Å². The Morgan fingerprint density at radius 3 is 2.30 bits per heavy atom. The number of hydrogen-bond acceptors (Lipinski definition) is 8. The zero-order chi connectivity index (χ0) is 23.4. The van der Waals surface area contributed by atoms with E-state index in [1.165, 1.54) is 17.4 Å². The van der Waals surface area contributed by atoms with E-state index in [0.29, 0.717) is 47.7 Å². The Kier molecular flexibility index (Phi) is 6.79. The van der Waals surface area contributed by atoms with Gasteiger partial charge in [0.05, 0.1) is 41.3 Å². The van der Waals surface area contributed by atoms with Gasteiger partial charge in [0, 0.05) is 6.07 Å². The van der Waals surface area contributed by atoms with E-state index in [0.717, 1.165) is 10.2 Å². The fourth-order valence-electron chi connectivity index (χ4n) is 3.43. The zero-order valence-electron chi connectivity index (χ0n) is 18.6. The van der Waals surface area contributed by atoms with Crippen LogP contribution in [0.5, 0.6) is 17.2 Å². The lowest BCUT2D eigenvalue weighted by Crippen LogP contribution is -2.15. The Morgan fingerprint density at radius 2 is 1.64 bits per heavy atom. The van der Waals surface area contributed by atoms with Crippen LogP contribution in [-0.2, 0) is 11.3 Å². The molecule has 0 saturated carbocycles. The van der Waals surface area contributed by atoms with Gasteiger partial charge in [0.15, 0.2) is 16.5 Å². The van der Waals surface area contributed by atoms with Crippen molar-refractivity contribution < 1.29 is 23.7 Å². The molecule has 0 atom stereocenters. The summed E-state index contributed by atoms with van der Waals surface area (Å²) in [6.45, 7) is 6.62. The molecule has 0 bridgehead atoms. The minimum Gasteiger partial charge on any atom is -0.490 e. The van der Waals surface area contributed by atoms with Gasteiger partial charge in [0.2, 0.25) is 5.75 Å². The van der Waals surface area contributed by atoms with Gasteiger partial charge >= 0.3 is 5.97 Å². The average Bonchev–Trinajstić information content (AvgIpc) is 3.18. The number of carbonyl (C=O) groups excluding carboxylic acids is 1. The Balaban J connectivity index is 1.60. The normalized spacial score (nSPS) is 11.0. The van der Waals surface area contributed by atoms with Crippen molar-refractivity contribution in [2.24, 2.45) is 0 Å². The molecule has 0 amide bonds. The van der Waals surface area contributed by atoms with Crippen LogP contribution in [0.15, 0.2) is 47.3 Å². The Labute approximate surface area is 194 Å². The van der Waals surface area contributed by atoms with Gasteiger partial charge in [-0.2, -0.15) is 0 Å². The molecule has 2 aromatic heterocycles. The molecule has 0 aliphatic heterocycles. The van der Waals surface area contributed by atoms with Gasteiger partial charge < -0.3 is 18.9 Å². The highest BCUT2D eigenvalue weighted by Gasteiger charge is 2.20. The molecule has 9 heteroatoms. The summed E-state index contributed by atoms with van der Waals surface area (Å²) in [6.07, 6.45) is 0. The summed E-state index contributed by atoms with van der Waals surface area (Å²) in [6, 6.07) is 12.1. The lowest BCUT2D eigenvalue weighted by molar-refractivity contribution is 0.0466. The highest BCUT2D eigenvalue weighted by molar-refractivity contribution is 7.23. The van der Waals surface area contributed by atoms with Gasteiger partial charge in [-0.05, 0) is 45.0 Å². The monoisotopic (exact) mass is 468 g/mol. The number of para-hydroxylation sites is 1. The Bertz CT molecular complexity index is 1330. The fraction of sp³-hybridized carbons (Fsp3) is 0.292. The minimum absolute atomic E-state index is 0.139. The van der Waals surface area contributed by atoms with E-state index in [2.05, 4.69) is 4.98 Å². The molecule has 4 aromatic rings. The summed E-state index contributed by atoms with van der Waals surface area (Å²) in [7, 11) is 0. The van der Waals surface area contributed by atoms with Crippen LogP contribution in [0.1, 0.15) is 36.8 Å². The molecule has 0 N–H and O–H groups in total. The predicted molar refractivity (Wildman–Crippen MR) is 126 cm³/mol. The van der Waals surface area contributed by atoms with Gasteiger partial charge in [-0.1, -0.05) is 23.5 Å². The predicted octanol–water partition coefficient (Wildman–Crippen LogP) is 4.46. The van der Waals surface area contributed by atoms with Gasteiger partial charge in [0.25, 0.3) is 5.56 Å². The van der Waals surface area contributed by atoms with Crippen molar-refractivity contribution in [3.05, 3.63) is 64.1 Å². The van der Waals surface area contributed by atoms with E-state index in [9.17, 15) is 9.59 Å². The van der Waals surface area contributed by atoms with Crippen LogP contribution in [0.4, 0.5) is 0 Å². The molecule has 0 spiro atoms. The maximum absolute atomic E-state index is 12.8. The Morgan fingerprint density at radius 1 is 0.970 bits per heavy atom. The maximum Gasteiger partial charge on any atom is 0.338 e. The highest BCUT2D eigenvalue weighted by atomic mass is 32.1. The summed E-state index contributed by atoms with van der Waals surface area (Å²) >= 11 is 1.41. The number of benzene rings is 2.